The second kappa shape index (κ2) is 3.78. The fourth-order valence-electron chi connectivity index (χ4n) is 1.63. The van der Waals surface area contributed by atoms with Crippen molar-refractivity contribution < 1.29 is 4.79 Å². The van der Waals surface area contributed by atoms with Gasteiger partial charge in [-0.2, -0.15) is 4.98 Å². The van der Waals surface area contributed by atoms with Gasteiger partial charge in [0.2, 0.25) is 11.9 Å². The zero-order valence-electron chi connectivity index (χ0n) is 9.10. The van der Waals surface area contributed by atoms with E-state index in [2.05, 4.69) is 9.97 Å². The number of primary amides is 1. The van der Waals surface area contributed by atoms with Gasteiger partial charge in [0, 0.05) is 24.9 Å². The maximum absolute atomic E-state index is 11.7. The van der Waals surface area contributed by atoms with Gasteiger partial charge in [0.05, 0.1) is 5.39 Å². The van der Waals surface area contributed by atoms with Crippen LogP contribution in [0.3, 0.4) is 0 Å². The zero-order valence-corrected chi connectivity index (χ0v) is 9.10. The number of nitrogens with zero attached hydrogens (tertiary/aromatic N) is 2. The van der Waals surface area contributed by atoms with Gasteiger partial charge in [0.15, 0.2) is 0 Å². The molecule has 0 aromatic carbocycles. The third-order valence-corrected chi connectivity index (χ3v) is 2.30. The summed E-state index contributed by atoms with van der Waals surface area (Å²) in [5.74, 6) is -0.532. The monoisotopic (exact) mass is 233 g/mol. The number of rotatable bonds is 2. The SMILES string of the molecule is Cn1cc(/C=C/C(N)=O)c2c(=O)[nH]c(N)nc21. The van der Waals surface area contributed by atoms with Gasteiger partial charge in [-0.05, 0) is 6.08 Å². The molecule has 0 unspecified atom stereocenters. The lowest BCUT2D eigenvalue weighted by Crippen LogP contribution is -2.11. The van der Waals surface area contributed by atoms with Crippen LogP contribution in [0.5, 0.6) is 0 Å². The van der Waals surface area contributed by atoms with E-state index in [4.69, 9.17) is 11.5 Å². The Morgan fingerprint density at radius 2 is 2.29 bits per heavy atom. The molecule has 0 aliphatic heterocycles. The number of carbonyl (C=O) groups is 1. The lowest BCUT2D eigenvalue weighted by molar-refractivity contribution is -0.113. The molecule has 0 saturated carbocycles. The molecule has 17 heavy (non-hydrogen) atoms. The molecule has 2 aromatic rings. The number of aryl methyl sites for hydroxylation is 1. The van der Waals surface area contributed by atoms with Crippen LogP contribution in [-0.4, -0.2) is 20.4 Å². The predicted molar refractivity (Wildman–Crippen MR) is 64.0 cm³/mol. The van der Waals surface area contributed by atoms with E-state index in [-0.39, 0.29) is 11.5 Å². The number of nitrogen functional groups attached to an aromatic ring is 1. The number of nitrogens with two attached hydrogens (primary N) is 2. The van der Waals surface area contributed by atoms with E-state index in [0.29, 0.717) is 16.6 Å². The van der Waals surface area contributed by atoms with Crippen LogP contribution in [0.2, 0.25) is 0 Å². The molecule has 0 aliphatic carbocycles. The second-order valence-electron chi connectivity index (χ2n) is 3.58. The Morgan fingerprint density at radius 1 is 1.59 bits per heavy atom. The number of aromatic amines is 1. The Balaban J connectivity index is 2.75. The molecule has 2 aromatic heterocycles. The molecule has 2 heterocycles. The number of nitrogens with one attached hydrogen (secondary N) is 1. The first kappa shape index (κ1) is 10.9. The highest BCUT2D eigenvalue weighted by atomic mass is 16.1. The Kier molecular flexibility index (Phi) is 2.43. The molecule has 7 heteroatoms. The number of H-pyrrole nitrogens is 1. The number of anilines is 1. The minimum Gasteiger partial charge on any atom is -0.369 e. The van der Waals surface area contributed by atoms with E-state index < -0.39 is 5.91 Å². The summed E-state index contributed by atoms with van der Waals surface area (Å²) in [4.78, 5) is 28.8. The minimum atomic E-state index is -0.582. The van der Waals surface area contributed by atoms with Gasteiger partial charge in [0.1, 0.15) is 5.65 Å². The number of fused-ring (bicyclic) bond motifs is 1. The van der Waals surface area contributed by atoms with Gasteiger partial charge in [-0.3, -0.25) is 14.6 Å². The normalized spacial score (nSPS) is 11.4. The fraction of sp³-hybridized carbons (Fsp3) is 0.100. The highest BCUT2D eigenvalue weighted by Crippen LogP contribution is 2.16. The van der Waals surface area contributed by atoms with Crippen LogP contribution in [0.4, 0.5) is 5.95 Å². The number of aromatic nitrogens is 3. The van der Waals surface area contributed by atoms with Crippen molar-refractivity contribution in [3.63, 3.8) is 0 Å². The average molecular weight is 233 g/mol. The zero-order chi connectivity index (χ0) is 12.6. The molecule has 7 nitrogen and oxygen atoms in total. The van der Waals surface area contributed by atoms with Crippen molar-refractivity contribution in [1.82, 2.24) is 14.5 Å². The molecular formula is C10H11N5O2. The quantitative estimate of drug-likeness (QED) is 0.596. The predicted octanol–water partition coefficient (Wildman–Crippen LogP) is -0.658. The van der Waals surface area contributed by atoms with E-state index in [1.165, 1.54) is 12.2 Å². The first-order valence-corrected chi connectivity index (χ1v) is 4.81. The van der Waals surface area contributed by atoms with Crippen molar-refractivity contribution in [3.8, 4) is 0 Å². The Hall–Kier alpha value is -2.57. The van der Waals surface area contributed by atoms with E-state index in [1.807, 2.05) is 0 Å². The maximum Gasteiger partial charge on any atom is 0.262 e. The van der Waals surface area contributed by atoms with E-state index >= 15 is 0 Å². The summed E-state index contributed by atoms with van der Waals surface area (Å²) in [6.45, 7) is 0. The number of hydrogen-bond donors (Lipinski definition) is 3. The molecule has 0 spiro atoms. The summed E-state index contributed by atoms with van der Waals surface area (Å²) < 4.78 is 1.65. The Bertz CT molecular complexity index is 680. The summed E-state index contributed by atoms with van der Waals surface area (Å²) in [6, 6.07) is 0. The molecule has 0 bridgehead atoms. The van der Waals surface area contributed by atoms with Crippen molar-refractivity contribution in [1.29, 1.82) is 0 Å². The van der Waals surface area contributed by atoms with Crippen LogP contribution >= 0.6 is 0 Å². The summed E-state index contributed by atoms with van der Waals surface area (Å²) in [6.07, 6.45) is 4.33. The Labute approximate surface area is 95.7 Å². The first-order chi connectivity index (χ1) is 7.99. The molecule has 1 amide bonds. The van der Waals surface area contributed by atoms with Crippen LogP contribution in [0.1, 0.15) is 5.56 Å². The maximum atomic E-state index is 11.7. The average Bonchev–Trinajstić information content (AvgIpc) is 2.53. The molecular weight excluding hydrogens is 222 g/mol. The van der Waals surface area contributed by atoms with Crippen molar-refractivity contribution in [2.75, 3.05) is 5.73 Å². The van der Waals surface area contributed by atoms with Gasteiger partial charge in [-0.1, -0.05) is 0 Å². The number of carbonyl (C=O) groups excluding carboxylic acids is 1. The molecule has 2 rings (SSSR count). The van der Waals surface area contributed by atoms with Crippen LogP contribution in [-0.2, 0) is 11.8 Å². The highest BCUT2D eigenvalue weighted by Gasteiger charge is 2.10. The largest absolute Gasteiger partial charge is 0.369 e. The van der Waals surface area contributed by atoms with E-state index in [0.717, 1.165) is 0 Å². The highest BCUT2D eigenvalue weighted by molar-refractivity contribution is 5.94. The van der Waals surface area contributed by atoms with Crippen molar-refractivity contribution in [2.24, 2.45) is 12.8 Å². The summed E-state index contributed by atoms with van der Waals surface area (Å²) in [5.41, 5.74) is 11.1. The van der Waals surface area contributed by atoms with Gasteiger partial charge < -0.3 is 16.0 Å². The van der Waals surface area contributed by atoms with Gasteiger partial charge in [0.25, 0.3) is 5.56 Å². The lowest BCUT2D eigenvalue weighted by Gasteiger charge is -1.95. The molecule has 5 N–H and O–H groups in total. The molecule has 88 valence electrons. The van der Waals surface area contributed by atoms with Crippen LogP contribution in [0.25, 0.3) is 17.1 Å². The molecule has 0 aliphatic rings. The van der Waals surface area contributed by atoms with E-state index in [9.17, 15) is 9.59 Å². The van der Waals surface area contributed by atoms with Gasteiger partial charge in [-0.15, -0.1) is 0 Å². The molecule has 0 atom stereocenters. The molecule has 0 saturated heterocycles. The standard InChI is InChI=1S/C10H11N5O2/c1-15-4-5(2-3-6(11)16)7-8(15)13-10(12)14-9(7)17/h2-4H,1H3,(H2,11,16)(H3,12,13,14,17)/b3-2+. The molecule has 0 radical (unpaired) electrons. The van der Waals surface area contributed by atoms with Crippen molar-refractivity contribution >= 4 is 29.0 Å². The summed E-state index contributed by atoms with van der Waals surface area (Å²) in [7, 11) is 1.73. The minimum absolute atomic E-state index is 0.0501. The van der Waals surface area contributed by atoms with Crippen molar-refractivity contribution in [2.45, 2.75) is 0 Å². The third kappa shape index (κ3) is 1.89. The summed E-state index contributed by atoms with van der Waals surface area (Å²) in [5, 5.41) is 0.374. The molecule has 0 fully saturated rings. The number of amides is 1. The fourth-order valence-corrected chi connectivity index (χ4v) is 1.63. The second-order valence-corrected chi connectivity index (χ2v) is 3.58. The van der Waals surface area contributed by atoms with Gasteiger partial charge in [-0.25, -0.2) is 0 Å². The van der Waals surface area contributed by atoms with Crippen molar-refractivity contribution in [3.05, 3.63) is 28.2 Å². The Morgan fingerprint density at radius 3 is 2.94 bits per heavy atom. The lowest BCUT2D eigenvalue weighted by atomic mass is 10.2. The van der Waals surface area contributed by atoms with Crippen LogP contribution < -0.4 is 17.0 Å². The van der Waals surface area contributed by atoms with E-state index in [1.54, 1.807) is 17.8 Å². The topological polar surface area (TPSA) is 120 Å². The number of hydrogen-bond acceptors (Lipinski definition) is 4. The van der Waals surface area contributed by atoms with Crippen LogP contribution in [0, 0.1) is 0 Å². The summed E-state index contributed by atoms with van der Waals surface area (Å²) >= 11 is 0. The first-order valence-electron chi connectivity index (χ1n) is 4.81. The smallest absolute Gasteiger partial charge is 0.262 e. The van der Waals surface area contributed by atoms with Crippen LogP contribution in [0.15, 0.2) is 17.1 Å². The third-order valence-electron chi connectivity index (χ3n) is 2.30. The van der Waals surface area contributed by atoms with Gasteiger partial charge >= 0.3 is 0 Å².